The van der Waals surface area contributed by atoms with E-state index in [9.17, 15) is 4.79 Å². The number of carbonyl (C=O) groups is 1. The Morgan fingerprint density at radius 2 is 2.32 bits per heavy atom. The van der Waals surface area contributed by atoms with Gasteiger partial charge in [-0.1, -0.05) is 13.0 Å². The Hall–Kier alpha value is -1.69. The molecule has 1 aromatic rings. The Bertz CT molecular complexity index is 457. The minimum absolute atomic E-state index is 0.210. The van der Waals surface area contributed by atoms with Crippen molar-refractivity contribution in [3.05, 3.63) is 17.5 Å². The van der Waals surface area contributed by atoms with Crippen molar-refractivity contribution in [1.82, 2.24) is 5.32 Å². The summed E-state index contributed by atoms with van der Waals surface area (Å²) >= 11 is 1.31. The zero-order valence-electron chi connectivity index (χ0n) is 11.6. The van der Waals surface area contributed by atoms with E-state index in [4.69, 9.17) is 10.5 Å². The lowest BCUT2D eigenvalue weighted by atomic mass is 10.2. The van der Waals surface area contributed by atoms with Gasteiger partial charge in [0.25, 0.3) is 5.91 Å². The van der Waals surface area contributed by atoms with E-state index in [1.54, 1.807) is 13.2 Å². The first-order chi connectivity index (χ1) is 9.04. The second kappa shape index (κ2) is 7.04. The fraction of sp³-hybridized carbons (Fsp3) is 0.462. The van der Waals surface area contributed by atoms with Gasteiger partial charge in [-0.15, -0.1) is 17.9 Å². The Kier molecular flexibility index (Phi) is 5.69. The molecule has 0 fully saturated rings. The Morgan fingerprint density at radius 3 is 2.84 bits per heavy atom. The Labute approximate surface area is 117 Å². The summed E-state index contributed by atoms with van der Waals surface area (Å²) in [5, 5.41) is 6.80. The maximum Gasteiger partial charge on any atom is 0.263 e. The lowest BCUT2D eigenvalue weighted by Crippen LogP contribution is -2.23. The molecule has 0 radical (unpaired) electrons. The fourth-order valence-corrected chi connectivity index (χ4v) is 2.58. The third-order valence-corrected chi connectivity index (χ3v) is 3.82. The van der Waals surface area contributed by atoms with E-state index < -0.39 is 0 Å². The van der Waals surface area contributed by atoms with E-state index in [0.717, 1.165) is 11.4 Å². The number of rotatable bonds is 7. The molecule has 1 rings (SSSR count). The van der Waals surface area contributed by atoms with Crippen molar-refractivity contribution in [2.45, 2.75) is 26.3 Å². The van der Waals surface area contributed by atoms with Crippen LogP contribution in [0.2, 0.25) is 0 Å². The van der Waals surface area contributed by atoms with Crippen LogP contribution >= 0.6 is 11.3 Å². The van der Waals surface area contributed by atoms with Crippen LogP contribution in [-0.2, 0) is 0 Å². The van der Waals surface area contributed by atoms with Crippen LogP contribution < -0.4 is 21.1 Å². The van der Waals surface area contributed by atoms with Gasteiger partial charge in [0.05, 0.1) is 7.11 Å². The largest absolute Gasteiger partial charge is 0.492 e. The molecular formula is C13H21N3O2S. The van der Waals surface area contributed by atoms with Gasteiger partial charge in [0, 0.05) is 12.6 Å². The van der Waals surface area contributed by atoms with Crippen LogP contribution in [-0.4, -0.2) is 25.6 Å². The van der Waals surface area contributed by atoms with Crippen LogP contribution in [0.5, 0.6) is 5.75 Å². The number of ether oxygens (including phenoxy) is 1. The van der Waals surface area contributed by atoms with Crippen molar-refractivity contribution in [3.8, 4) is 5.75 Å². The number of hydrogen-bond donors (Lipinski definition) is 3. The standard InChI is InChI=1S/C13H21N3O2S/c1-5-7-15-12(17)11-9(14)10(18-4)13(19-11)16-8(3)6-2/h5,8,16H,1,6-7,14H2,2-4H3,(H,15,17). The van der Waals surface area contributed by atoms with Crippen molar-refractivity contribution in [2.24, 2.45) is 0 Å². The van der Waals surface area contributed by atoms with Gasteiger partial charge in [0.1, 0.15) is 15.6 Å². The highest BCUT2D eigenvalue weighted by Crippen LogP contribution is 2.42. The number of thiophene rings is 1. The van der Waals surface area contributed by atoms with Crippen molar-refractivity contribution in [1.29, 1.82) is 0 Å². The van der Waals surface area contributed by atoms with Gasteiger partial charge in [-0.05, 0) is 13.3 Å². The zero-order chi connectivity index (χ0) is 14.4. The van der Waals surface area contributed by atoms with Crippen molar-refractivity contribution in [2.75, 3.05) is 24.7 Å². The average Bonchev–Trinajstić information content (AvgIpc) is 2.72. The molecule has 5 nitrogen and oxygen atoms in total. The molecule has 0 aliphatic carbocycles. The molecule has 0 saturated heterocycles. The van der Waals surface area contributed by atoms with E-state index in [1.165, 1.54) is 11.3 Å². The highest BCUT2D eigenvalue weighted by atomic mass is 32.1. The molecule has 4 N–H and O–H groups in total. The molecule has 1 aromatic heterocycles. The summed E-state index contributed by atoms with van der Waals surface area (Å²) in [4.78, 5) is 12.4. The molecule has 0 spiro atoms. The molecule has 1 amide bonds. The molecule has 0 aliphatic rings. The topological polar surface area (TPSA) is 76.4 Å². The SMILES string of the molecule is C=CCNC(=O)c1sc(NC(C)CC)c(OC)c1N. The first-order valence-electron chi connectivity index (χ1n) is 6.16. The number of hydrogen-bond acceptors (Lipinski definition) is 5. The van der Waals surface area contributed by atoms with Crippen LogP contribution in [0.15, 0.2) is 12.7 Å². The number of anilines is 2. The third kappa shape index (κ3) is 3.64. The minimum atomic E-state index is -0.210. The van der Waals surface area contributed by atoms with Gasteiger partial charge in [-0.2, -0.15) is 0 Å². The maximum atomic E-state index is 11.9. The van der Waals surface area contributed by atoms with E-state index in [2.05, 4.69) is 31.1 Å². The van der Waals surface area contributed by atoms with E-state index in [0.29, 0.717) is 22.9 Å². The number of carbonyl (C=O) groups excluding carboxylic acids is 1. The summed E-state index contributed by atoms with van der Waals surface area (Å²) in [6.45, 7) is 8.11. The second-order valence-electron chi connectivity index (χ2n) is 4.16. The van der Waals surface area contributed by atoms with Crippen LogP contribution in [0.1, 0.15) is 29.9 Å². The van der Waals surface area contributed by atoms with Gasteiger partial charge in [-0.25, -0.2) is 0 Å². The van der Waals surface area contributed by atoms with Gasteiger partial charge >= 0.3 is 0 Å². The molecule has 0 bridgehead atoms. The smallest absolute Gasteiger partial charge is 0.263 e. The summed E-state index contributed by atoms with van der Waals surface area (Å²) in [6, 6.07) is 0.288. The number of nitrogen functional groups attached to an aromatic ring is 1. The van der Waals surface area contributed by atoms with Crippen molar-refractivity contribution < 1.29 is 9.53 Å². The van der Waals surface area contributed by atoms with Crippen LogP contribution in [0.25, 0.3) is 0 Å². The first-order valence-corrected chi connectivity index (χ1v) is 6.98. The van der Waals surface area contributed by atoms with E-state index in [-0.39, 0.29) is 11.9 Å². The zero-order valence-corrected chi connectivity index (χ0v) is 12.4. The number of amides is 1. The van der Waals surface area contributed by atoms with Crippen molar-refractivity contribution >= 4 is 27.9 Å². The average molecular weight is 283 g/mol. The summed E-state index contributed by atoms with van der Waals surface area (Å²) in [7, 11) is 1.55. The predicted octanol–water partition coefficient (Wildman–Crippen LogP) is 2.47. The summed E-state index contributed by atoms with van der Waals surface area (Å²) < 4.78 is 5.28. The molecular weight excluding hydrogens is 262 g/mol. The molecule has 1 atom stereocenters. The highest BCUT2D eigenvalue weighted by Gasteiger charge is 2.22. The molecule has 0 saturated carbocycles. The van der Waals surface area contributed by atoms with Gasteiger partial charge in [0.15, 0.2) is 5.75 Å². The quantitative estimate of drug-likeness (QED) is 0.672. The molecule has 0 aliphatic heterocycles. The Morgan fingerprint density at radius 1 is 1.63 bits per heavy atom. The molecule has 106 valence electrons. The minimum Gasteiger partial charge on any atom is -0.492 e. The normalized spacial score (nSPS) is 11.7. The van der Waals surface area contributed by atoms with Gasteiger partial charge in [-0.3, -0.25) is 4.79 Å². The monoisotopic (exact) mass is 283 g/mol. The molecule has 6 heteroatoms. The van der Waals surface area contributed by atoms with Gasteiger partial charge in [0.2, 0.25) is 0 Å². The van der Waals surface area contributed by atoms with E-state index in [1.807, 2.05) is 0 Å². The van der Waals surface area contributed by atoms with Gasteiger partial charge < -0.3 is 21.1 Å². The van der Waals surface area contributed by atoms with Crippen LogP contribution in [0.4, 0.5) is 10.7 Å². The molecule has 19 heavy (non-hydrogen) atoms. The lowest BCUT2D eigenvalue weighted by molar-refractivity contribution is 0.0962. The highest BCUT2D eigenvalue weighted by molar-refractivity contribution is 7.19. The van der Waals surface area contributed by atoms with E-state index >= 15 is 0 Å². The van der Waals surface area contributed by atoms with Crippen molar-refractivity contribution in [3.63, 3.8) is 0 Å². The molecule has 1 unspecified atom stereocenters. The fourth-order valence-electron chi connectivity index (χ4n) is 1.47. The summed E-state index contributed by atoms with van der Waals surface area (Å²) in [5.41, 5.74) is 6.34. The van der Waals surface area contributed by atoms with Crippen LogP contribution in [0.3, 0.4) is 0 Å². The maximum absolute atomic E-state index is 11.9. The van der Waals surface area contributed by atoms with Crippen LogP contribution in [0, 0.1) is 0 Å². The second-order valence-corrected chi connectivity index (χ2v) is 5.18. The predicted molar refractivity (Wildman–Crippen MR) is 81.2 cm³/mol. The Balaban J connectivity index is 3.00. The summed E-state index contributed by atoms with van der Waals surface area (Å²) in [5.74, 6) is 0.326. The number of nitrogens with one attached hydrogen (secondary N) is 2. The number of methoxy groups -OCH3 is 1. The lowest BCUT2D eigenvalue weighted by Gasteiger charge is -2.12. The summed E-state index contributed by atoms with van der Waals surface area (Å²) in [6.07, 6.45) is 2.59. The first kappa shape index (κ1) is 15.4. The molecule has 0 aromatic carbocycles. The third-order valence-electron chi connectivity index (χ3n) is 2.71. The molecule has 1 heterocycles. The number of nitrogens with two attached hydrogens (primary N) is 1.